The van der Waals surface area contributed by atoms with Gasteiger partial charge in [0.05, 0.1) is 25.2 Å². The van der Waals surface area contributed by atoms with Crippen LogP contribution in [-0.4, -0.2) is 47.9 Å². The van der Waals surface area contributed by atoms with Crippen LogP contribution in [0.3, 0.4) is 0 Å². The Bertz CT molecular complexity index is 1080. The molecule has 10 nitrogen and oxygen atoms in total. The summed E-state index contributed by atoms with van der Waals surface area (Å²) < 4.78 is 6.42. The summed E-state index contributed by atoms with van der Waals surface area (Å²) in [5.74, 6) is 0.468. The number of pyridine rings is 1. The van der Waals surface area contributed by atoms with Gasteiger partial charge in [-0.05, 0) is 6.07 Å². The third kappa shape index (κ3) is 3.48. The van der Waals surface area contributed by atoms with E-state index in [1.165, 1.54) is 40.8 Å². The standard InChI is InChI=1S/C16H12N8O2S/c1-26-14-4-2-3-10(20-14)11-9-27-16(21-11)22-15(25)12-7-19-23-24(12)13-8-17-5-6-18-13/h2-9H,1H3,(H,21,22,25). The van der Waals surface area contributed by atoms with E-state index in [1.54, 1.807) is 18.6 Å². The number of hydrogen-bond acceptors (Lipinski definition) is 9. The summed E-state index contributed by atoms with van der Waals surface area (Å²) in [6, 6.07) is 5.39. The molecule has 4 aromatic heterocycles. The van der Waals surface area contributed by atoms with Gasteiger partial charge in [0.2, 0.25) is 5.88 Å². The number of rotatable bonds is 5. The van der Waals surface area contributed by atoms with Crippen molar-refractivity contribution in [1.29, 1.82) is 0 Å². The zero-order valence-electron chi connectivity index (χ0n) is 14.0. The average Bonchev–Trinajstić information content (AvgIpc) is 3.38. The van der Waals surface area contributed by atoms with E-state index in [-0.39, 0.29) is 5.69 Å². The molecule has 0 fully saturated rings. The van der Waals surface area contributed by atoms with Crippen molar-refractivity contribution in [3.05, 3.63) is 54.1 Å². The molecule has 0 aliphatic rings. The molecule has 27 heavy (non-hydrogen) atoms. The van der Waals surface area contributed by atoms with Crippen molar-refractivity contribution >= 4 is 22.4 Å². The van der Waals surface area contributed by atoms with Crippen molar-refractivity contribution in [2.75, 3.05) is 12.4 Å². The van der Waals surface area contributed by atoms with E-state index in [2.05, 4.69) is 35.6 Å². The van der Waals surface area contributed by atoms with Crippen LogP contribution >= 0.6 is 11.3 Å². The van der Waals surface area contributed by atoms with Gasteiger partial charge in [0.1, 0.15) is 5.69 Å². The normalized spacial score (nSPS) is 10.6. The van der Waals surface area contributed by atoms with E-state index in [0.717, 1.165) is 0 Å². The molecule has 1 N–H and O–H groups in total. The van der Waals surface area contributed by atoms with Crippen LogP contribution in [0.15, 0.2) is 48.4 Å². The first-order valence-electron chi connectivity index (χ1n) is 7.70. The van der Waals surface area contributed by atoms with E-state index >= 15 is 0 Å². The van der Waals surface area contributed by atoms with Gasteiger partial charge in [-0.2, -0.15) is 4.68 Å². The number of methoxy groups -OCH3 is 1. The number of nitrogens with zero attached hydrogens (tertiary/aromatic N) is 7. The highest BCUT2D eigenvalue weighted by molar-refractivity contribution is 7.14. The third-order valence-corrected chi connectivity index (χ3v) is 4.23. The van der Waals surface area contributed by atoms with Crippen LogP contribution in [0.1, 0.15) is 10.5 Å². The minimum absolute atomic E-state index is 0.215. The van der Waals surface area contributed by atoms with Gasteiger partial charge in [-0.1, -0.05) is 11.3 Å². The smallest absolute Gasteiger partial charge is 0.277 e. The lowest BCUT2D eigenvalue weighted by atomic mass is 10.3. The first-order valence-corrected chi connectivity index (χ1v) is 8.58. The van der Waals surface area contributed by atoms with Crippen molar-refractivity contribution in [2.45, 2.75) is 0 Å². The predicted octanol–water partition coefficient (Wildman–Crippen LogP) is 1.84. The molecular formula is C16H12N8O2S. The summed E-state index contributed by atoms with van der Waals surface area (Å²) in [4.78, 5) is 29.4. The Kier molecular flexibility index (Phi) is 4.49. The molecule has 0 saturated heterocycles. The monoisotopic (exact) mass is 380 g/mol. The second kappa shape index (κ2) is 7.25. The first kappa shape index (κ1) is 16.7. The number of thiazole rings is 1. The van der Waals surface area contributed by atoms with E-state index < -0.39 is 5.91 Å². The fourth-order valence-electron chi connectivity index (χ4n) is 2.24. The molecule has 0 aliphatic heterocycles. The Morgan fingerprint density at radius 1 is 1.19 bits per heavy atom. The Morgan fingerprint density at radius 2 is 2.11 bits per heavy atom. The Labute approximate surface area is 156 Å². The van der Waals surface area contributed by atoms with Gasteiger partial charge in [0.15, 0.2) is 16.6 Å². The largest absolute Gasteiger partial charge is 0.481 e. The Balaban J connectivity index is 1.55. The minimum atomic E-state index is -0.412. The van der Waals surface area contributed by atoms with E-state index in [4.69, 9.17) is 4.74 Å². The lowest BCUT2D eigenvalue weighted by molar-refractivity contribution is 0.101. The molecule has 4 aromatic rings. The molecule has 11 heteroatoms. The fourth-order valence-corrected chi connectivity index (χ4v) is 2.94. The summed E-state index contributed by atoms with van der Waals surface area (Å²) in [5, 5.41) is 12.6. The number of amides is 1. The average molecular weight is 380 g/mol. The SMILES string of the molecule is COc1cccc(-c2csc(NC(=O)c3cnnn3-c3cnccn3)n2)n1. The number of nitrogens with one attached hydrogen (secondary N) is 1. The molecule has 4 rings (SSSR count). The van der Waals surface area contributed by atoms with Crippen molar-refractivity contribution in [1.82, 2.24) is 34.9 Å². The highest BCUT2D eigenvalue weighted by Gasteiger charge is 2.17. The molecule has 0 spiro atoms. The van der Waals surface area contributed by atoms with Gasteiger partial charge in [-0.25, -0.2) is 15.0 Å². The van der Waals surface area contributed by atoms with Gasteiger partial charge < -0.3 is 4.74 Å². The van der Waals surface area contributed by atoms with Crippen LogP contribution in [0, 0.1) is 0 Å². The topological polar surface area (TPSA) is 121 Å². The fraction of sp³-hybridized carbons (Fsp3) is 0.0625. The second-order valence-electron chi connectivity index (χ2n) is 5.15. The molecule has 1 amide bonds. The van der Waals surface area contributed by atoms with Crippen LogP contribution in [-0.2, 0) is 0 Å². The predicted molar refractivity (Wildman–Crippen MR) is 96.8 cm³/mol. The molecule has 134 valence electrons. The number of anilines is 1. The van der Waals surface area contributed by atoms with Gasteiger partial charge in [0, 0.05) is 23.8 Å². The quantitative estimate of drug-likeness (QED) is 0.557. The summed E-state index contributed by atoms with van der Waals surface area (Å²) in [5.41, 5.74) is 1.50. The zero-order chi connectivity index (χ0) is 18.6. The molecule has 4 heterocycles. The van der Waals surface area contributed by atoms with Crippen molar-refractivity contribution in [3.63, 3.8) is 0 Å². The first-order chi connectivity index (χ1) is 13.2. The number of carbonyl (C=O) groups excluding carboxylic acids is 1. The van der Waals surface area contributed by atoms with E-state index in [0.29, 0.717) is 28.2 Å². The highest BCUT2D eigenvalue weighted by Crippen LogP contribution is 2.25. The van der Waals surface area contributed by atoms with Gasteiger partial charge in [-0.15, -0.1) is 16.4 Å². The minimum Gasteiger partial charge on any atom is -0.481 e. The third-order valence-electron chi connectivity index (χ3n) is 3.47. The lowest BCUT2D eigenvalue weighted by Crippen LogP contribution is -2.17. The summed E-state index contributed by atoms with van der Waals surface area (Å²) >= 11 is 1.28. The molecule has 0 bridgehead atoms. The number of hydrogen-bond donors (Lipinski definition) is 1. The van der Waals surface area contributed by atoms with Crippen LogP contribution in [0.25, 0.3) is 17.2 Å². The molecular weight excluding hydrogens is 368 g/mol. The Morgan fingerprint density at radius 3 is 2.93 bits per heavy atom. The van der Waals surface area contributed by atoms with Crippen molar-refractivity contribution in [2.24, 2.45) is 0 Å². The maximum Gasteiger partial charge on any atom is 0.277 e. The molecule has 0 aliphatic carbocycles. The highest BCUT2D eigenvalue weighted by atomic mass is 32.1. The zero-order valence-corrected chi connectivity index (χ0v) is 14.8. The summed E-state index contributed by atoms with van der Waals surface area (Å²) in [6.07, 6.45) is 5.88. The van der Waals surface area contributed by atoms with Crippen LogP contribution < -0.4 is 10.1 Å². The van der Waals surface area contributed by atoms with Crippen molar-refractivity contribution < 1.29 is 9.53 Å². The van der Waals surface area contributed by atoms with Gasteiger partial charge in [-0.3, -0.25) is 15.1 Å². The van der Waals surface area contributed by atoms with Gasteiger partial charge >= 0.3 is 0 Å². The van der Waals surface area contributed by atoms with E-state index in [1.807, 2.05) is 12.1 Å². The summed E-state index contributed by atoms with van der Waals surface area (Å²) in [7, 11) is 1.55. The van der Waals surface area contributed by atoms with Crippen LogP contribution in [0.4, 0.5) is 5.13 Å². The maximum atomic E-state index is 12.6. The molecule has 0 atom stereocenters. The molecule has 0 saturated carbocycles. The van der Waals surface area contributed by atoms with Gasteiger partial charge in [0.25, 0.3) is 5.91 Å². The summed E-state index contributed by atoms with van der Waals surface area (Å²) in [6.45, 7) is 0. The number of aromatic nitrogens is 7. The molecule has 0 radical (unpaired) electrons. The van der Waals surface area contributed by atoms with Crippen molar-refractivity contribution in [3.8, 4) is 23.1 Å². The van der Waals surface area contributed by atoms with Crippen LogP contribution in [0.2, 0.25) is 0 Å². The van der Waals surface area contributed by atoms with E-state index in [9.17, 15) is 4.79 Å². The Hall–Kier alpha value is -3.73. The van der Waals surface area contributed by atoms with Crippen LogP contribution in [0.5, 0.6) is 5.88 Å². The maximum absolute atomic E-state index is 12.6. The number of ether oxygens (including phenoxy) is 1. The number of carbonyl (C=O) groups is 1. The molecule has 0 unspecified atom stereocenters. The molecule has 0 aromatic carbocycles. The second-order valence-corrected chi connectivity index (χ2v) is 6.01. The lowest BCUT2D eigenvalue weighted by Gasteiger charge is -2.04.